The Labute approximate surface area is 171 Å². The highest BCUT2D eigenvalue weighted by Crippen LogP contribution is 2.27. The van der Waals surface area contributed by atoms with E-state index >= 15 is 0 Å². The van der Waals surface area contributed by atoms with Crippen LogP contribution in [0.5, 0.6) is 0 Å². The number of aromatic nitrogens is 4. The largest absolute Gasteiger partial charge is 0.396 e. The Hall–Kier alpha value is -1.81. The second-order valence-corrected chi connectivity index (χ2v) is 8.40. The molecular formula is C20H32N6O3. The van der Waals surface area contributed by atoms with Gasteiger partial charge >= 0.3 is 0 Å². The number of fused-ring (bicyclic) bond motifs is 1. The van der Waals surface area contributed by atoms with E-state index in [0.29, 0.717) is 18.5 Å². The highest BCUT2D eigenvalue weighted by atomic mass is 16.5. The van der Waals surface area contributed by atoms with Crippen LogP contribution in [0.4, 0.5) is 5.82 Å². The van der Waals surface area contributed by atoms with Crippen LogP contribution < -0.4 is 4.90 Å². The van der Waals surface area contributed by atoms with Crippen LogP contribution in [-0.4, -0.2) is 95.8 Å². The molecule has 4 atom stereocenters. The monoisotopic (exact) mass is 404 g/mol. The second kappa shape index (κ2) is 8.91. The Morgan fingerprint density at radius 1 is 1.38 bits per heavy atom. The summed E-state index contributed by atoms with van der Waals surface area (Å²) in [5.74, 6) is 1.37. The van der Waals surface area contributed by atoms with Crippen molar-refractivity contribution in [2.75, 3.05) is 59.0 Å². The molecule has 0 bridgehead atoms. The Kier molecular flexibility index (Phi) is 6.29. The fourth-order valence-electron chi connectivity index (χ4n) is 4.63. The average Bonchev–Trinajstić information content (AvgIpc) is 3.46. The standard InChI is InChI=1S/C20H32N6O3/c1-24-9-17(28-3)6-16(24)8-25(2)19-18-20(22-12-21-19)26(13-23-18)7-15(10-27)14-4-5-29-11-14/h12-17,27H,4-11H2,1-3H3/t14?,15?,16-,17-/m0/s1. The first-order chi connectivity index (χ1) is 14.1. The molecule has 160 valence electrons. The van der Waals surface area contributed by atoms with Gasteiger partial charge in [0.25, 0.3) is 0 Å². The normalized spacial score (nSPS) is 26.4. The SMILES string of the molecule is CO[C@H]1C[C@@H](CN(C)c2ncnc3c2ncn3CC(CO)C2CCOC2)N(C)C1. The molecule has 0 aromatic carbocycles. The average molecular weight is 405 g/mol. The first-order valence-corrected chi connectivity index (χ1v) is 10.4. The van der Waals surface area contributed by atoms with Crippen LogP contribution in [0, 0.1) is 11.8 Å². The Balaban J connectivity index is 1.51. The van der Waals surface area contributed by atoms with Gasteiger partial charge in [-0.25, -0.2) is 15.0 Å². The van der Waals surface area contributed by atoms with Gasteiger partial charge in [-0.05, 0) is 25.8 Å². The lowest BCUT2D eigenvalue weighted by atomic mass is 9.92. The van der Waals surface area contributed by atoms with Gasteiger partial charge in [0.1, 0.15) is 6.33 Å². The number of nitrogens with zero attached hydrogens (tertiary/aromatic N) is 6. The van der Waals surface area contributed by atoms with Gasteiger partial charge in [0.15, 0.2) is 17.0 Å². The van der Waals surface area contributed by atoms with Crippen molar-refractivity contribution in [1.82, 2.24) is 24.4 Å². The summed E-state index contributed by atoms with van der Waals surface area (Å²) in [6.45, 7) is 4.13. The zero-order valence-corrected chi connectivity index (χ0v) is 17.6. The van der Waals surface area contributed by atoms with Gasteiger partial charge < -0.3 is 24.0 Å². The van der Waals surface area contributed by atoms with Crippen molar-refractivity contribution in [3.8, 4) is 0 Å². The maximum Gasteiger partial charge on any atom is 0.165 e. The maximum absolute atomic E-state index is 9.88. The molecule has 0 amide bonds. The molecule has 9 heteroatoms. The van der Waals surface area contributed by atoms with Gasteiger partial charge in [0.2, 0.25) is 0 Å². The highest BCUT2D eigenvalue weighted by Gasteiger charge is 2.31. The molecule has 2 saturated heterocycles. The van der Waals surface area contributed by atoms with Crippen LogP contribution >= 0.6 is 0 Å². The number of rotatable bonds is 8. The minimum atomic E-state index is 0.139. The van der Waals surface area contributed by atoms with Crippen LogP contribution in [0.3, 0.4) is 0 Å². The maximum atomic E-state index is 9.88. The molecule has 2 aliphatic heterocycles. The molecule has 4 rings (SSSR count). The highest BCUT2D eigenvalue weighted by molar-refractivity contribution is 5.83. The van der Waals surface area contributed by atoms with Gasteiger partial charge in [-0.15, -0.1) is 0 Å². The fourth-order valence-corrected chi connectivity index (χ4v) is 4.63. The molecule has 2 aromatic heterocycles. The smallest absolute Gasteiger partial charge is 0.165 e. The van der Waals surface area contributed by atoms with Gasteiger partial charge in [-0.3, -0.25) is 4.90 Å². The van der Waals surface area contributed by atoms with E-state index in [1.54, 1.807) is 13.4 Å². The molecule has 29 heavy (non-hydrogen) atoms. The third kappa shape index (κ3) is 4.23. The number of likely N-dealkylation sites (tertiary alicyclic amines) is 1. The zero-order valence-electron chi connectivity index (χ0n) is 17.6. The van der Waals surface area contributed by atoms with Crippen LogP contribution in [0.1, 0.15) is 12.8 Å². The third-order valence-electron chi connectivity index (χ3n) is 6.51. The van der Waals surface area contributed by atoms with Crippen molar-refractivity contribution < 1.29 is 14.6 Å². The van der Waals surface area contributed by atoms with Gasteiger partial charge in [-0.2, -0.15) is 0 Å². The van der Waals surface area contributed by atoms with E-state index in [0.717, 1.165) is 56.1 Å². The Bertz CT molecular complexity index is 809. The summed E-state index contributed by atoms with van der Waals surface area (Å²) >= 11 is 0. The number of imidazole rings is 1. The van der Waals surface area contributed by atoms with Gasteiger partial charge in [0.05, 0.1) is 12.4 Å². The molecule has 0 radical (unpaired) electrons. The predicted molar refractivity (Wildman–Crippen MR) is 110 cm³/mol. The molecule has 2 fully saturated rings. The lowest BCUT2D eigenvalue weighted by Gasteiger charge is -2.26. The first-order valence-electron chi connectivity index (χ1n) is 10.4. The molecule has 0 saturated carbocycles. The van der Waals surface area contributed by atoms with Crippen LogP contribution in [0.2, 0.25) is 0 Å². The molecule has 2 unspecified atom stereocenters. The summed E-state index contributed by atoms with van der Waals surface area (Å²) in [7, 11) is 5.98. The molecule has 2 aromatic rings. The predicted octanol–water partition coefficient (Wildman–Crippen LogP) is 0.627. The fraction of sp³-hybridized carbons (Fsp3) is 0.750. The van der Waals surface area contributed by atoms with Crippen molar-refractivity contribution in [3.05, 3.63) is 12.7 Å². The summed E-state index contributed by atoms with van der Waals surface area (Å²) < 4.78 is 13.1. The summed E-state index contributed by atoms with van der Waals surface area (Å²) in [5.41, 5.74) is 1.62. The first kappa shape index (κ1) is 20.5. The molecule has 4 heterocycles. The molecule has 0 spiro atoms. The van der Waals surface area contributed by atoms with E-state index in [1.807, 2.05) is 10.9 Å². The van der Waals surface area contributed by atoms with E-state index in [-0.39, 0.29) is 18.6 Å². The summed E-state index contributed by atoms with van der Waals surface area (Å²) in [5, 5.41) is 9.88. The number of likely N-dealkylation sites (N-methyl/N-ethyl adjacent to an activating group) is 2. The van der Waals surface area contributed by atoms with Crippen molar-refractivity contribution in [2.45, 2.75) is 31.5 Å². The molecule has 1 N–H and O–H groups in total. The number of methoxy groups -OCH3 is 1. The lowest BCUT2D eigenvalue weighted by Crippen LogP contribution is -2.37. The third-order valence-corrected chi connectivity index (χ3v) is 6.51. The van der Waals surface area contributed by atoms with Crippen molar-refractivity contribution in [2.24, 2.45) is 11.8 Å². The second-order valence-electron chi connectivity index (χ2n) is 8.40. The van der Waals surface area contributed by atoms with Crippen molar-refractivity contribution in [3.63, 3.8) is 0 Å². The number of hydrogen-bond donors (Lipinski definition) is 1. The minimum Gasteiger partial charge on any atom is -0.396 e. The molecular weight excluding hydrogens is 372 g/mol. The molecule has 9 nitrogen and oxygen atoms in total. The lowest BCUT2D eigenvalue weighted by molar-refractivity contribution is 0.111. The number of hydrogen-bond acceptors (Lipinski definition) is 8. The van der Waals surface area contributed by atoms with E-state index in [2.05, 4.69) is 38.8 Å². The van der Waals surface area contributed by atoms with Crippen LogP contribution in [0.15, 0.2) is 12.7 Å². The van der Waals surface area contributed by atoms with Crippen molar-refractivity contribution >= 4 is 17.0 Å². The quantitative estimate of drug-likeness (QED) is 0.685. The van der Waals surface area contributed by atoms with Gasteiger partial charge in [0, 0.05) is 65.6 Å². The summed E-state index contributed by atoms with van der Waals surface area (Å²) in [6, 6.07) is 0.415. The number of anilines is 1. The molecule has 0 aliphatic carbocycles. The number of aliphatic hydroxyl groups is 1. The van der Waals surface area contributed by atoms with E-state index < -0.39 is 0 Å². The Morgan fingerprint density at radius 2 is 2.24 bits per heavy atom. The van der Waals surface area contributed by atoms with Gasteiger partial charge in [-0.1, -0.05) is 0 Å². The van der Waals surface area contributed by atoms with E-state index in [9.17, 15) is 5.11 Å². The van der Waals surface area contributed by atoms with Crippen molar-refractivity contribution in [1.29, 1.82) is 0 Å². The van der Waals surface area contributed by atoms with Crippen LogP contribution in [0.25, 0.3) is 11.2 Å². The molecule has 2 aliphatic rings. The van der Waals surface area contributed by atoms with Crippen LogP contribution in [-0.2, 0) is 16.0 Å². The summed E-state index contributed by atoms with van der Waals surface area (Å²) in [4.78, 5) is 18.1. The minimum absolute atomic E-state index is 0.139. The van der Waals surface area contributed by atoms with E-state index in [1.165, 1.54) is 0 Å². The number of ether oxygens (including phenoxy) is 2. The number of aliphatic hydroxyl groups excluding tert-OH is 1. The topological polar surface area (TPSA) is 88.8 Å². The van der Waals surface area contributed by atoms with E-state index in [4.69, 9.17) is 9.47 Å². The Morgan fingerprint density at radius 3 is 2.93 bits per heavy atom. The zero-order chi connectivity index (χ0) is 20.4. The summed E-state index contributed by atoms with van der Waals surface area (Å²) in [6.07, 6.45) is 5.73.